The third-order valence-electron chi connectivity index (χ3n) is 3.84. The minimum Gasteiger partial charge on any atom is -0.465 e. The fourth-order valence-corrected chi connectivity index (χ4v) is 3.10. The number of sulfonamides is 1. The molecule has 0 aliphatic rings. The summed E-state index contributed by atoms with van der Waals surface area (Å²) in [6.07, 6.45) is 0.924. The Labute approximate surface area is 183 Å². The van der Waals surface area contributed by atoms with Crippen LogP contribution in [0.2, 0.25) is 0 Å². The van der Waals surface area contributed by atoms with Gasteiger partial charge in [0.1, 0.15) is 0 Å². The number of amides is 1. The Morgan fingerprint density at radius 1 is 0.875 bits per heavy atom. The maximum atomic E-state index is 12.3. The highest BCUT2D eigenvalue weighted by Gasteiger charge is 2.18. The highest BCUT2D eigenvalue weighted by molar-refractivity contribution is 7.92. The van der Waals surface area contributed by atoms with Crippen LogP contribution in [0.4, 0.5) is 11.4 Å². The van der Waals surface area contributed by atoms with Gasteiger partial charge in [-0.1, -0.05) is 12.1 Å². The molecule has 0 aliphatic carbocycles. The van der Waals surface area contributed by atoms with E-state index in [9.17, 15) is 27.6 Å². The first kappa shape index (κ1) is 24.3. The standard InChI is InChI=1S/C20H20N2O9S/c1-29-18(24)12-8-13(19(25)30-2)10-14(9-12)21-17(23)11-31-20(26)15-6-4-5-7-16(15)22-32(3,27)28/h4-10,22H,11H2,1-3H3,(H,21,23). The van der Waals surface area contributed by atoms with Crippen LogP contribution in [0.5, 0.6) is 0 Å². The zero-order valence-corrected chi connectivity index (χ0v) is 18.1. The van der Waals surface area contributed by atoms with Gasteiger partial charge in [-0.15, -0.1) is 0 Å². The molecule has 0 spiro atoms. The number of nitrogens with one attached hydrogen (secondary N) is 2. The van der Waals surface area contributed by atoms with E-state index in [1.54, 1.807) is 0 Å². The third kappa shape index (κ3) is 6.80. The van der Waals surface area contributed by atoms with E-state index < -0.39 is 40.4 Å². The largest absolute Gasteiger partial charge is 0.465 e. The first-order valence-corrected chi connectivity index (χ1v) is 10.8. The molecular formula is C20H20N2O9S. The number of hydrogen-bond donors (Lipinski definition) is 2. The van der Waals surface area contributed by atoms with Crippen LogP contribution in [0, 0.1) is 0 Å². The zero-order valence-electron chi connectivity index (χ0n) is 17.3. The molecule has 0 unspecified atom stereocenters. The van der Waals surface area contributed by atoms with Gasteiger partial charge in [0.2, 0.25) is 10.0 Å². The molecular weight excluding hydrogens is 444 g/mol. The van der Waals surface area contributed by atoms with Crippen molar-refractivity contribution in [2.45, 2.75) is 0 Å². The number of carbonyl (C=O) groups is 4. The fraction of sp³-hybridized carbons (Fsp3) is 0.200. The fourth-order valence-electron chi connectivity index (χ4n) is 2.53. The molecule has 2 aromatic rings. The number of esters is 3. The van der Waals surface area contributed by atoms with Gasteiger partial charge in [-0.25, -0.2) is 22.8 Å². The van der Waals surface area contributed by atoms with Crippen molar-refractivity contribution in [2.75, 3.05) is 37.1 Å². The first-order chi connectivity index (χ1) is 15.0. The number of benzene rings is 2. The molecule has 12 heteroatoms. The molecule has 0 fully saturated rings. The number of rotatable bonds is 8. The Balaban J connectivity index is 2.13. The summed E-state index contributed by atoms with van der Waals surface area (Å²) < 4.78 is 39.3. The average Bonchev–Trinajstić information content (AvgIpc) is 2.75. The lowest BCUT2D eigenvalue weighted by atomic mass is 10.1. The smallest absolute Gasteiger partial charge is 0.340 e. The third-order valence-corrected chi connectivity index (χ3v) is 4.43. The van der Waals surface area contributed by atoms with Gasteiger partial charge in [0.05, 0.1) is 42.9 Å². The molecule has 0 aromatic heterocycles. The topological polar surface area (TPSA) is 154 Å². The second kappa shape index (κ2) is 10.4. The maximum absolute atomic E-state index is 12.3. The molecule has 32 heavy (non-hydrogen) atoms. The molecule has 0 heterocycles. The number of hydrogen-bond acceptors (Lipinski definition) is 9. The first-order valence-electron chi connectivity index (χ1n) is 8.89. The lowest BCUT2D eigenvalue weighted by molar-refractivity contribution is -0.119. The van der Waals surface area contributed by atoms with E-state index in [4.69, 9.17) is 4.74 Å². The molecule has 2 rings (SSSR count). The molecule has 0 bridgehead atoms. The van der Waals surface area contributed by atoms with Crippen LogP contribution in [0.25, 0.3) is 0 Å². The summed E-state index contributed by atoms with van der Waals surface area (Å²) in [5.41, 5.74) is -0.0549. The Kier molecular flexibility index (Phi) is 7.91. The monoisotopic (exact) mass is 464 g/mol. The molecule has 2 N–H and O–H groups in total. The molecule has 0 radical (unpaired) electrons. The van der Waals surface area contributed by atoms with Crippen LogP contribution >= 0.6 is 0 Å². The van der Waals surface area contributed by atoms with Crippen molar-refractivity contribution in [3.05, 3.63) is 59.2 Å². The average molecular weight is 464 g/mol. The van der Waals surface area contributed by atoms with Crippen LogP contribution < -0.4 is 10.0 Å². The van der Waals surface area contributed by atoms with Gasteiger partial charge in [-0.3, -0.25) is 9.52 Å². The van der Waals surface area contributed by atoms with Gasteiger partial charge in [0, 0.05) is 5.69 Å². The predicted molar refractivity (Wildman–Crippen MR) is 113 cm³/mol. The van der Waals surface area contributed by atoms with E-state index in [0.717, 1.165) is 20.5 Å². The van der Waals surface area contributed by atoms with E-state index >= 15 is 0 Å². The van der Waals surface area contributed by atoms with Crippen molar-refractivity contribution >= 4 is 45.2 Å². The number of ether oxygens (including phenoxy) is 3. The summed E-state index contributed by atoms with van der Waals surface area (Å²) in [6, 6.07) is 9.48. The molecule has 1 amide bonds. The SMILES string of the molecule is COC(=O)c1cc(NC(=O)COC(=O)c2ccccc2NS(C)(=O)=O)cc(C(=O)OC)c1. The summed E-state index contributed by atoms with van der Waals surface area (Å²) in [5.74, 6) is -3.20. The van der Waals surface area contributed by atoms with Gasteiger partial charge < -0.3 is 19.5 Å². The molecule has 11 nitrogen and oxygen atoms in total. The van der Waals surface area contributed by atoms with Crippen molar-refractivity contribution in [3.8, 4) is 0 Å². The maximum Gasteiger partial charge on any atom is 0.340 e. The van der Waals surface area contributed by atoms with Gasteiger partial charge in [-0.05, 0) is 30.3 Å². The second-order valence-corrected chi connectivity index (χ2v) is 8.07. The molecule has 0 atom stereocenters. The quantitative estimate of drug-likeness (QED) is 0.436. The minimum absolute atomic E-state index is 0.00564. The Hall–Kier alpha value is -3.93. The van der Waals surface area contributed by atoms with Crippen molar-refractivity contribution in [3.63, 3.8) is 0 Å². The minimum atomic E-state index is -3.64. The molecule has 0 saturated heterocycles. The van der Waals surface area contributed by atoms with Gasteiger partial charge in [-0.2, -0.15) is 0 Å². The van der Waals surface area contributed by atoms with Crippen molar-refractivity contribution in [2.24, 2.45) is 0 Å². The van der Waals surface area contributed by atoms with Crippen molar-refractivity contribution in [1.29, 1.82) is 0 Å². The van der Waals surface area contributed by atoms with Gasteiger partial charge in [0.25, 0.3) is 5.91 Å². The Bertz CT molecular complexity index is 1130. The zero-order chi connectivity index (χ0) is 23.9. The molecule has 2 aromatic carbocycles. The molecule has 0 aliphatic heterocycles. The van der Waals surface area contributed by atoms with Gasteiger partial charge in [0.15, 0.2) is 6.61 Å². The van der Waals surface area contributed by atoms with Crippen molar-refractivity contribution in [1.82, 2.24) is 0 Å². The van der Waals surface area contributed by atoms with Gasteiger partial charge >= 0.3 is 17.9 Å². The number of para-hydroxylation sites is 1. The number of anilines is 2. The lowest BCUT2D eigenvalue weighted by Gasteiger charge is -2.11. The summed E-state index contributed by atoms with van der Waals surface area (Å²) in [4.78, 5) is 48.2. The summed E-state index contributed by atoms with van der Waals surface area (Å²) >= 11 is 0. The Morgan fingerprint density at radius 3 is 1.97 bits per heavy atom. The summed E-state index contributed by atoms with van der Waals surface area (Å²) in [6.45, 7) is -0.720. The Morgan fingerprint density at radius 2 is 1.44 bits per heavy atom. The van der Waals surface area contributed by atoms with E-state index in [0.29, 0.717) is 0 Å². The normalized spacial score (nSPS) is 10.6. The van der Waals surface area contributed by atoms with Crippen LogP contribution in [0.15, 0.2) is 42.5 Å². The van der Waals surface area contributed by atoms with E-state index in [1.165, 1.54) is 42.5 Å². The lowest BCUT2D eigenvalue weighted by Crippen LogP contribution is -2.22. The van der Waals surface area contributed by atoms with Crippen LogP contribution in [0.1, 0.15) is 31.1 Å². The highest BCUT2D eigenvalue weighted by Crippen LogP contribution is 2.19. The number of methoxy groups -OCH3 is 2. The van der Waals surface area contributed by atoms with Crippen LogP contribution in [-0.4, -0.2) is 59.3 Å². The van der Waals surface area contributed by atoms with Crippen LogP contribution in [0.3, 0.4) is 0 Å². The van der Waals surface area contributed by atoms with E-state index in [-0.39, 0.29) is 28.1 Å². The van der Waals surface area contributed by atoms with E-state index in [1.807, 2.05) is 0 Å². The van der Waals surface area contributed by atoms with Crippen LogP contribution in [-0.2, 0) is 29.0 Å². The van der Waals surface area contributed by atoms with E-state index in [2.05, 4.69) is 19.5 Å². The summed E-state index contributed by atoms with van der Waals surface area (Å²) in [5, 5.41) is 2.40. The highest BCUT2D eigenvalue weighted by atomic mass is 32.2. The second-order valence-electron chi connectivity index (χ2n) is 6.33. The summed E-state index contributed by atoms with van der Waals surface area (Å²) in [7, 11) is -1.34. The number of carbonyl (C=O) groups excluding carboxylic acids is 4. The van der Waals surface area contributed by atoms with Crippen molar-refractivity contribution < 1.29 is 41.8 Å². The predicted octanol–water partition coefficient (Wildman–Crippen LogP) is 1.43. The molecule has 0 saturated carbocycles. The molecule has 170 valence electrons.